The molecule has 1 N–H and O–H groups in total. The summed E-state index contributed by atoms with van der Waals surface area (Å²) in [6.07, 6.45) is -1.68. The summed E-state index contributed by atoms with van der Waals surface area (Å²) >= 11 is -0.230. The van der Waals surface area contributed by atoms with E-state index in [1.807, 2.05) is 6.07 Å². The van der Waals surface area contributed by atoms with Crippen LogP contribution in [0, 0.1) is 17.2 Å². The van der Waals surface area contributed by atoms with Gasteiger partial charge in [-0.2, -0.15) is 14.0 Å². The summed E-state index contributed by atoms with van der Waals surface area (Å²) in [6, 6.07) is 17.6. The van der Waals surface area contributed by atoms with E-state index in [-0.39, 0.29) is 52.2 Å². The number of hydrogen-bond donors (Lipinski definition) is 1. The van der Waals surface area contributed by atoms with Gasteiger partial charge in [0.1, 0.15) is 11.5 Å². The number of aryl methyl sites for hydroxylation is 1. The van der Waals surface area contributed by atoms with Crippen molar-refractivity contribution in [2.45, 2.75) is 42.3 Å². The number of hydrogen-bond acceptors (Lipinski definition) is 5. The van der Waals surface area contributed by atoms with Crippen LogP contribution in [-0.4, -0.2) is 28.4 Å². The summed E-state index contributed by atoms with van der Waals surface area (Å²) in [6.45, 7) is 0. The van der Waals surface area contributed by atoms with Crippen molar-refractivity contribution in [1.29, 1.82) is 5.26 Å². The molecule has 1 amide bonds. The molecule has 1 aromatic heterocycles. The van der Waals surface area contributed by atoms with Gasteiger partial charge in [-0.15, -0.1) is 0 Å². The molecule has 0 bridgehead atoms. The van der Waals surface area contributed by atoms with Gasteiger partial charge in [-0.25, -0.2) is 13.8 Å². The van der Waals surface area contributed by atoms with Crippen molar-refractivity contribution < 1.29 is 27.2 Å². The second kappa shape index (κ2) is 11.1. The molecule has 190 valence electrons. The summed E-state index contributed by atoms with van der Waals surface area (Å²) in [5, 5.41) is 7.44. The minimum atomic E-state index is -4.22. The third kappa shape index (κ3) is 6.95. The number of aromatic nitrogens is 1. The van der Waals surface area contributed by atoms with Crippen LogP contribution in [0.2, 0.25) is 0 Å². The minimum absolute atomic E-state index is 0.0379. The molecule has 4 rings (SSSR count). The van der Waals surface area contributed by atoms with Gasteiger partial charge in [0.05, 0.1) is 11.6 Å². The van der Waals surface area contributed by atoms with E-state index < -0.39 is 11.7 Å². The molecule has 0 unspecified atom stereocenters. The molecule has 0 aliphatic heterocycles. The van der Waals surface area contributed by atoms with E-state index in [2.05, 4.69) is 10.3 Å². The van der Waals surface area contributed by atoms with Crippen molar-refractivity contribution in [2.75, 3.05) is 5.32 Å². The first-order valence-electron chi connectivity index (χ1n) is 11.5. The Labute approximate surface area is 214 Å². The number of benzene rings is 2. The van der Waals surface area contributed by atoms with Crippen LogP contribution in [0.15, 0.2) is 65.6 Å². The number of rotatable bonds is 10. The zero-order valence-corrected chi connectivity index (χ0v) is 20.2. The Morgan fingerprint density at radius 3 is 2.32 bits per heavy atom. The van der Waals surface area contributed by atoms with Gasteiger partial charge >= 0.3 is 11.7 Å². The highest BCUT2D eigenvalue weighted by Crippen LogP contribution is 2.41. The number of nitriles is 1. The molecule has 0 atom stereocenters. The fraction of sp³-hybridized carbons (Fsp3) is 0.259. The zero-order chi connectivity index (χ0) is 26.6. The molecular formula is C27H21F4N3O2S. The smallest absolute Gasteiger partial charge is 0.310 e. The molecule has 3 aromatic rings. The molecule has 1 heterocycles. The predicted molar refractivity (Wildman–Crippen MR) is 132 cm³/mol. The van der Waals surface area contributed by atoms with Crippen LogP contribution in [-0.2, 0) is 11.2 Å². The quantitative estimate of drug-likeness (QED) is 0.180. The van der Waals surface area contributed by atoms with Crippen molar-refractivity contribution in [3.05, 3.63) is 77.5 Å². The molecule has 0 radical (unpaired) electrons. The first-order valence-corrected chi connectivity index (χ1v) is 12.3. The van der Waals surface area contributed by atoms with Crippen molar-refractivity contribution >= 4 is 29.3 Å². The van der Waals surface area contributed by atoms with E-state index >= 15 is 0 Å². The first-order chi connectivity index (χ1) is 17.6. The van der Waals surface area contributed by atoms with E-state index in [1.165, 1.54) is 24.3 Å². The Kier molecular flexibility index (Phi) is 7.93. The van der Waals surface area contributed by atoms with E-state index in [4.69, 9.17) is 5.26 Å². The van der Waals surface area contributed by atoms with Crippen molar-refractivity contribution in [3.63, 3.8) is 0 Å². The SMILES string of the molecule is N#Cc1ccc(CCC(=O)c2cc(-c3ccc(SC(F)(F)C(F)F)cc3)cc(NC(=O)C3CC3)n2)cc1. The Balaban J connectivity index is 1.56. The van der Waals surface area contributed by atoms with E-state index in [0.717, 1.165) is 18.4 Å². The number of Topliss-reactive ketones (excluding diaryl/α,β-unsaturated/α-hetero) is 1. The van der Waals surface area contributed by atoms with Gasteiger partial charge in [-0.1, -0.05) is 24.3 Å². The van der Waals surface area contributed by atoms with Crippen LogP contribution in [0.1, 0.15) is 40.9 Å². The monoisotopic (exact) mass is 527 g/mol. The van der Waals surface area contributed by atoms with Gasteiger partial charge in [-0.05, 0) is 84.1 Å². The van der Waals surface area contributed by atoms with Crippen LogP contribution < -0.4 is 5.32 Å². The van der Waals surface area contributed by atoms with Crippen LogP contribution in [0.5, 0.6) is 0 Å². The number of nitrogens with one attached hydrogen (secondary N) is 1. The van der Waals surface area contributed by atoms with E-state index in [1.54, 1.807) is 36.4 Å². The van der Waals surface area contributed by atoms with Crippen LogP contribution in [0.3, 0.4) is 0 Å². The van der Waals surface area contributed by atoms with Gasteiger partial charge in [0.25, 0.3) is 0 Å². The largest absolute Gasteiger partial charge is 0.357 e. The Bertz CT molecular complexity index is 1340. The second-order valence-electron chi connectivity index (χ2n) is 8.61. The van der Waals surface area contributed by atoms with Crippen LogP contribution >= 0.6 is 11.8 Å². The highest BCUT2D eigenvalue weighted by atomic mass is 32.2. The molecule has 1 saturated carbocycles. The van der Waals surface area contributed by atoms with Gasteiger partial charge in [0.15, 0.2) is 5.78 Å². The molecule has 2 aromatic carbocycles. The topological polar surface area (TPSA) is 82.9 Å². The van der Waals surface area contributed by atoms with Crippen molar-refractivity contribution in [1.82, 2.24) is 4.98 Å². The lowest BCUT2D eigenvalue weighted by atomic mass is 10.0. The Morgan fingerprint density at radius 2 is 1.73 bits per heavy atom. The molecule has 0 spiro atoms. The van der Waals surface area contributed by atoms with Gasteiger partial charge in [-0.3, -0.25) is 9.59 Å². The van der Waals surface area contributed by atoms with Crippen LogP contribution in [0.4, 0.5) is 23.4 Å². The van der Waals surface area contributed by atoms with Gasteiger partial charge < -0.3 is 5.32 Å². The molecule has 10 heteroatoms. The van der Waals surface area contributed by atoms with Crippen molar-refractivity contribution in [3.8, 4) is 17.2 Å². The maximum atomic E-state index is 13.4. The highest BCUT2D eigenvalue weighted by molar-refractivity contribution is 8.00. The lowest BCUT2D eigenvalue weighted by Gasteiger charge is -2.14. The number of carbonyl (C=O) groups excluding carboxylic acids is 2. The zero-order valence-electron chi connectivity index (χ0n) is 19.4. The summed E-state index contributed by atoms with van der Waals surface area (Å²) in [7, 11) is 0. The standard InChI is InChI=1S/C27H21F4N3O2S/c28-26(29)27(30,31)37-21-10-8-18(9-11-21)20-13-22(33-24(14-20)34-25(36)19-6-7-19)23(35)12-5-16-1-3-17(15-32)4-2-16/h1-4,8-11,13-14,19,26H,5-7,12H2,(H,33,34,36). The highest BCUT2D eigenvalue weighted by Gasteiger charge is 2.41. The normalized spacial score (nSPS) is 13.3. The number of thioether (sulfide) groups is 1. The number of anilines is 1. The number of pyridine rings is 1. The molecule has 1 fully saturated rings. The summed E-state index contributed by atoms with van der Waals surface area (Å²) in [5.41, 5.74) is 2.57. The fourth-order valence-corrected chi connectivity index (χ4v) is 4.20. The average Bonchev–Trinajstić information content (AvgIpc) is 3.73. The summed E-state index contributed by atoms with van der Waals surface area (Å²) in [4.78, 5) is 29.6. The number of nitrogens with zero attached hydrogens (tertiary/aromatic N) is 2. The summed E-state index contributed by atoms with van der Waals surface area (Å²) < 4.78 is 51.8. The molecule has 37 heavy (non-hydrogen) atoms. The molecular weight excluding hydrogens is 506 g/mol. The summed E-state index contributed by atoms with van der Waals surface area (Å²) in [5.74, 6) is -0.355. The third-order valence-corrected chi connectivity index (χ3v) is 6.69. The molecule has 1 aliphatic rings. The number of ketones is 1. The van der Waals surface area contributed by atoms with Crippen LogP contribution in [0.25, 0.3) is 11.1 Å². The third-order valence-electron chi connectivity index (χ3n) is 5.73. The lowest BCUT2D eigenvalue weighted by Crippen LogP contribution is -2.21. The van der Waals surface area contributed by atoms with Crippen molar-refractivity contribution in [2.24, 2.45) is 5.92 Å². The fourth-order valence-electron chi connectivity index (χ4n) is 3.53. The average molecular weight is 528 g/mol. The Hall–Kier alpha value is -3.71. The second-order valence-corrected chi connectivity index (χ2v) is 9.83. The van der Waals surface area contributed by atoms with E-state index in [0.29, 0.717) is 23.1 Å². The molecule has 5 nitrogen and oxygen atoms in total. The molecule has 1 aliphatic carbocycles. The maximum Gasteiger partial charge on any atom is 0.357 e. The predicted octanol–water partition coefficient (Wildman–Crippen LogP) is 6.73. The van der Waals surface area contributed by atoms with Gasteiger partial charge in [0, 0.05) is 17.2 Å². The van der Waals surface area contributed by atoms with E-state index in [9.17, 15) is 27.2 Å². The first kappa shape index (κ1) is 26.4. The number of amides is 1. The molecule has 0 saturated heterocycles. The lowest BCUT2D eigenvalue weighted by molar-refractivity contribution is -0.117. The number of halogens is 4. The minimum Gasteiger partial charge on any atom is -0.310 e. The van der Waals surface area contributed by atoms with Gasteiger partial charge in [0.2, 0.25) is 5.91 Å². The maximum absolute atomic E-state index is 13.4. The number of carbonyl (C=O) groups is 2. The number of alkyl halides is 4. The Morgan fingerprint density at radius 1 is 1.05 bits per heavy atom.